The van der Waals surface area contributed by atoms with Gasteiger partial charge in [-0.1, -0.05) is 26.0 Å². The Kier molecular flexibility index (Phi) is 3.83. The lowest BCUT2D eigenvalue weighted by Gasteiger charge is -2.34. The van der Waals surface area contributed by atoms with Crippen molar-refractivity contribution < 1.29 is 4.79 Å². The molecule has 0 bridgehead atoms. The standard InChI is InChI=1S/C16H24N2O/c1-11-5-4-6-13(17)14(11)15(19)18-12-7-9-16(2,3)10-8-12/h4-6,12H,7-10,17H2,1-3H3,(H,18,19). The van der Waals surface area contributed by atoms with Gasteiger partial charge in [0.15, 0.2) is 0 Å². The van der Waals surface area contributed by atoms with Crippen molar-refractivity contribution in [2.24, 2.45) is 5.41 Å². The minimum Gasteiger partial charge on any atom is -0.398 e. The Morgan fingerprint density at radius 2 is 1.95 bits per heavy atom. The van der Waals surface area contributed by atoms with E-state index in [1.165, 1.54) is 12.8 Å². The average Bonchev–Trinajstić information content (AvgIpc) is 2.32. The second-order valence-corrected chi connectivity index (χ2v) is 6.45. The first kappa shape index (κ1) is 13.9. The molecule has 0 spiro atoms. The van der Waals surface area contributed by atoms with E-state index in [1.807, 2.05) is 19.1 Å². The number of nitrogens with one attached hydrogen (secondary N) is 1. The van der Waals surface area contributed by atoms with Crippen LogP contribution >= 0.6 is 0 Å². The number of anilines is 1. The Morgan fingerprint density at radius 1 is 1.32 bits per heavy atom. The third-order valence-electron chi connectivity index (χ3n) is 4.21. The van der Waals surface area contributed by atoms with E-state index in [9.17, 15) is 4.79 Å². The van der Waals surface area contributed by atoms with Gasteiger partial charge in [0.25, 0.3) is 5.91 Å². The van der Waals surface area contributed by atoms with Crippen LogP contribution in [0.5, 0.6) is 0 Å². The van der Waals surface area contributed by atoms with Crippen LogP contribution in [0.15, 0.2) is 18.2 Å². The molecule has 1 aromatic rings. The van der Waals surface area contributed by atoms with Crippen LogP contribution in [0.3, 0.4) is 0 Å². The largest absolute Gasteiger partial charge is 0.398 e. The molecule has 3 heteroatoms. The second-order valence-electron chi connectivity index (χ2n) is 6.45. The molecule has 0 radical (unpaired) electrons. The first-order valence-corrected chi connectivity index (χ1v) is 7.05. The molecule has 1 fully saturated rings. The van der Waals surface area contributed by atoms with Crippen LogP contribution in [-0.4, -0.2) is 11.9 Å². The Balaban J connectivity index is 2.02. The summed E-state index contributed by atoms with van der Waals surface area (Å²) >= 11 is 0. The molecule has 1 aromatic carbocycles. The number of hydrogen-bond acceptors (Lipinski definition) is 2. The van der Waals surface area contributed by atoms with E-state index in [2.05, 4.69) is 19.2 Å². The fourth-order valence-electron chi connectivity index (χ4n) is 2.80. The van der Waals surface area contributed by atoms with Crippen molar-refractivity contribution in [2.75, 3.05) is 5.73 Å². The molecule has 3 nitrogen and oxygen atoms in total. The maximum absolute atomic E-state index is 12.3. The normalized spacial score (nSPS) is 19.1. The lowest BCUT2D eigenvalue weighted by Crippen LogP contribution is -2.39. The van der Waals surface area contributed by atoms with E-state index >= 15 is 0 Å². The summed E-state index contributed by atoms with van der Waals surface area (Å²) in [5.41, 5.74) is 8.46. The highest BCUT2D eigenvalue weighted by Gasteiger charge is 2.28. The third-order valence-corrected chi connectivity index (χ3v) is 4.21. The van der Waals surface area contributed by atoms with Crippen LogP contribution in [0.25, 0.3) is 0 Å². The number of carbonyl (C=O) groups is 1. The van der Waals surface area contributed by atoms with E-state index in [0.29, 0.717) is 22.7 Å². The molecular weight excluding hydrogens is 236 g/mol. The zero-order chi connectivity index (χ0) is 14.0. The smallest absolute Gasteiger partial charge is 0.253 e. The van der Waals surface area contributed by atoms with Gasteiger partial charge in [0.05, 0.1) is 5.56 Å². The van der Waals surface area contributed by atoms with Crippen molar-refractivity contribution >= 4 is 11.6 Å². The summed E-state index contributed by atoms with van der Waals surface area (Å²) < 4.78 is 0. The first-order valence-electron chi connectivity index (χ1n) is 7.05. The molecule has 104 valence electrons. The van der Waals surface area contributed by atoms with Crippen LogP contribution in [0.2, 0.25) is 0 Å². The third kappa shape index (κ3) is 3.28. The minimum atomic E-state index is -0.0275. The number of amides is 1. The SMILES string of the molecule is Cc1cccc(N)c1C(=O)NC1CCC(C)(C)CC1. The topological polar surface area (TPSA) is 55.1 Å². The van der Waals surface area contributed by atoms with E-state index < -0.39 is 0 Å². The molecule has 1 saturated carbocycles. The highest BCUT2D eigenvalue weighted by atomic mass is 16.1. The van der Waals surface area contributed by atoms with E-state index in [4.69, 9.17) is 5.73 Å². The van der Waals surface area contributed by atoms with Crippen LogP contribution < -0.4 is 11.1 Å². The van der Waals surface area contributed by atoms with E-state index in [1.54, 1.807) is 6.07 Å². The monoisotopic (exact) mass is 260 g/mol. The summed E-state index contributed by atoms with van der Waals surface area (Å²) in [6.45, 7) is 6.52. The fourth-order valence-corrected chi connectivity index (χ4v) is 2.80. The van der Waals surface area contributed by atoms with Gasteiger partial charge in [0.1, 0.15) is 0 Å². The number of nitrogen functional groups attached to an aromatic ring is 1. The van der Waals surface area contributed by atoms with Crippen molar-refractivity contribution in [2.45, 2.75) is 52.5 Å². The maximum atomic E-state index is 12.3. The molecule has 1 aliphatic carbocycles. The highest BCUT2D eigenvalue weighted by molar-refractivity contribution is 6.00. The van der Waals surface area contributed by atoms with Crippen LogP contribution in [0.1, 0.15) is 55.5 Å². The van der Waals surface area contributed by atoms with Crippen molar-refractivity contribution in [3.8, 4) is 0 Å². The lowest BCUT2D eigenvalue weighted by atomic mass is 9.75. The minimum absolute atomic E-state index is 0.0275. The maximum Gasteiger partial charge on any atom is 0.253 e. The quantitative estimate of drug-likeness (QED) is 0.802. The zero-order valence-corrected chi connectivity index (χ0v) is 12.1. The zero-order valence-electron chi connectivity index (χ0n) is 12.1. The summed E-state index contributed by atoms with van der Waals surface area (Å²) in [5.74, 6) is -0.0275. The second kappa shape index (κ2) is 5.24. The predicted molar refractivity (Wildman–Crippen MR) is 79.1 cm³/mol. The first-order chi connectivity index (χ1) is 8.89. The molecule has 0 atom stereocenters. The van der Waals surface area contributed by atoms with Gasteiger partial charge in [-0.05, 0) is 49.7 Å². The molecule has 19 heavy (non-hydrogen) atoms. The van der Waals surface area contributed by atoms with E-state index in [0.717, 1.165) is 18.4 Å². The number of benzene rings is 1. The molecule has 2 rings (SSSR count). The van der Waals surface area contributed by atoms with Gasteiger partial charge in [-0.25, -0.2) is 0 Å². The van der Waals surface area contributed by atoms with Crippen LogP contribution in [0, 0.1) is 12.3 Å². The molecular formula is C16H24N2O. The average molecular weight is 260 g/mol. The van der Waals surface area contributed by atoms with Crippen molar-refractivity contribution in [3.63, 3.8) is 0 Å². The number of nitrogens with two attached hydrogens (primary N) is 1. The molecule has 3 N–H and O–H groups in total. The fraction of sp³-hybridized carbons (Fsp3) is 0.562. The molecule has 1 amide bonds. The van der Waals surface area contributed by atoms with Gasteiger partial charge in [0, 0.05) is 11.7 Å². The predicted octanol–water partition coefficient (Wildman–Crippen LogP) is 3.28. The number of aryl methyl sites for hydroxylation is 1. The highest BCUT2D eigenvalue weighted by Crippen LogP contribution is 2.35. The van der Waals surface area contributed by atoms with Gasteiger partial charge in [-0.15, -0.1) is 0 Å². The van der Waals surface area contributed by atoms with Gasteiger partial charge in [-0.2, -0.15) is 0 Å². The van der Waals surface area contributed by atoms with Crippen molar-refractivity contribution in [1.82, 2.24) is 5.32 Å². The van der Waals surface area contributed by atoms with Gasteiger partial charge in [0.2, 0.25) is 0 Å². The number of carbonyl (C=O) groups excluding carboxylic acids is 1. The number of rotatable bonds is 2. The molecule has 0 heterocycles. The van der Waals surface area contributed by atoms with Gasteiger partial charge < -0.3 is 11.1 Å². The molecule has 0 unspecified atom stereocenters. The Hall–Kier alpha value is -1.51. The summed E-state index contributed by atoms with van der Waals surface area (Å²) in [5, 5.41) is 3.14. The van der Waals surface area contributed by atoms with Gasteiger partial charge >= 0.3 is 0 Å². The van der Waals surface area contributed by atoms with Crippen LogP contribution in [-0.2, 0) is 0 Å². The molecule has 0 saturated heterocycles. The Labute approximate surface area is 115 Å². The molecule has 1 aliphatic rings. The van der Waals surface area contributed by atoms with Crippen molar-refractivity contribution in [3.05, 3.63) is 29.3 Å². The molecule has 0 aromatic heterocycles. The van der Waals surface area contributed by atoms with Gasteiger partial charge in [-0.3, -0.25) is 4.79 Å². The summed E-state index contributed by atoms with van der Waals surface area (Å²) in [6.07, 6.45) is 4.46. The van der Waals surface area contributed by atoms with E-state index in [-0.39, 0.29) is 5.91 Å². The molecule has 0 aliphatic heterocycles. The van der Waals surface area contributed by atoms with Crippen LogP contribution in [0.4, 0.5) is 5.69 Å². The summed E-state index contributed by atoms with van der Waals surface area (Å²) in [6, 6.07) is 5.88. The summed E-state index contributed by atoms with van der Waals surface area (Å²) in [7, 11) is 0. The Morgan fingerprint density at radius 3 is 2.53 bits per heavy atom. The van der Waals surface area contributed by atoms with Crippen molar-refractivity contribution in [1.29, 1.82) is 0 Å². The lowest BCUT2D eigenvalue weighted by molar-refractivity contribution is 0.0909. The number of hydrogen-bond donors (Lipinski definition) is 2. The summed E-state index contributed by atoms with van der Waals surface area (Å²) in [4.78, 5) is 12.3. The Bertz CT molecular complexity index is 449.